The maximum atomic E-state index is 13.9. The van der Waals surface area contributed by atoms with Crippen LogP contribution in [0.4, 0.5) is 15.8 Å². The number of non-ortho nitro benzene ring substituents is 1. The first kappa shape index (κ1) is 15.5. The summed E-state index contributed by atoms with van der Waals surface area (Å²) >= 11 is 3.49. The highest BCUT2D eigenvalue weighted by molar-refractivity contribution is 9.09. The van der Waals surface area contributed by atoms with E-state index in [-0.39, 0.29) is 34.1 Å². The van der Waals surface area contributed by atoms with Crippen molar-refractivity contribution in [1.29, 1.82) is 0 Å². The average molecular weight is 399 g/mol. The predicted molar refractivity (Wildman–Crippen MR) is 82.9 cm³/mol. The number of halogens is 2. The molecule has 1 saturated heterocycles. The third-order valence-electron chi connectivity index (χ3n) is 5.24. The molecule has 2 aliphatic carbocycles. The number of alkyl halides is 1. The number of nitrogens with zero attached hydrogens (tertiary/aromatic N) is 1. The Bertz CT molecular complexity index is 772. The molecule has 7 nitrogen and oxygen atoms in total. The Morgan fingerprint density at radius 3 is 2.88 bits per heavy atom. The summed E-state index contributed by atoms with van der Waals surface area (Å²) in [7, 11) is 0. The normalized spacial score (nSPS) is 35.8. The van der Waals surface area contributed by atoms with Gasteiger partial charge in [-0.05, 0) is 18.4 Å². The molecule has 1 N–H and O–H groups in total. The van der Waals surface area contributed by atoms with Crippen molar-refractivity contribution in [1.82, 2.24) is 0 Å². The Balaban J connectivity index is 1.60. The molecule has 3 fully saturated rings. The van der Waals surface area contributed by atoms with Crippen LogP contribution in [0.3, 0.4) is 0 Å². The molecule has 1 heterocycles. The van der Waals surface area contributed by atoms with Gasteiger partial charge in [0, 0.05) is 18.1 Å². The number of amides is 1. The smallest absolute Gasteiger partial charge is 0.310 e. The molecule has 3 aliphatic rings. The zero-order valence-electron chi connectivity index (χ0n) is 12.1. The number of rotatable bonds is 3. The van der Waals surface area contributed by atoms with E-state index in [0.29, 0.717) is 6.42 Å². The lowest BCUT2D eigenvalue weighted by Crippen LogP contribution is -2.40. The van der Waals surface area contributed by atoms with Gasteiger partial charge in [0.1, 0.15) is 11.9 Å². The van der Waals surface area contributed by atoms with E-state index in [1.807, 2.05) is 0 Å². The van der Waals surface area contributed by atoms with Gasteiger partial charge < -0.3 is 10.1 Å². The largest absolute Gasteiger partial charge is 0.461 e. The van der Waals surface area contributed by atoms with E-state index in [2.05, 4.69) is 21.2 Å². The number of anilines is 1. The molecule has 1 aromatic rings. The number of benzene rings is 1. The van der Waals surface area contributed by atoms with Crippen LogP contribution in [0.25, 0.3) is 0 Å². The highest BCUT2D eigenvalue weighted by Gasteiger charge is 2.67. The number of nitro groups is 1. The molecule has 9 heteroatoms. The fraction of sp³-hybridized carbons (Fsp3) is 0.467. The fourth-order valence-electron chi connectivity index (χ4n) is 4.27. The van der Waals surface area contributed by atoms with Crippen LogP contribution < -0.4 is 5.32 Å². The van der Waals surface area contributed by atoms with Gasteiger partial charge in [-0.3, -0.25) is 19.7 Å². The molecule has 1 aliphatic heterocycles. The summed E-state index contributed by atoms with van der Waals surface area (Å²) < 4.78 is 19.2. The number of esters is 1. The van der Waals surface area contributed by atoms with Crippen LogP contribution in [0.2, 0.25) is 0 Å². The van der Waals surface area contributed by atoms with Gasteiger partial charge in [0.15, 0.2) is 0 Å². The summed E-state index contributed by atoms with van der Waals surface area (Å²) in [4.78, 5) is 34.7. The van der Waals surface area contributed by atoms with E-state index >= 15 is 0 Å². The summed E-state index contributed by atoms with van der Waals surface area (Å²) in [5, 5.41) is 13.2. The van der Waals surface area contributed by atoms with Gasteiger partial charge in [-0.25, -0.2) is 4.39 Å². The van der Waals surface area contributed by atoms with Crippen molar-refractivity contribution < 1.29 is 23.6 Å². The number of hydrogen-bond acceptors (Lipinski definition) is 5. The molecule has 0 spiro atoms. The molecular weight excluding hydrogens is 387 g/mol. The second kappa shape index (κ2) is 5.23. The van der Waals surface area contributed by atoms with E-state index in [1.165, 1.54) is 0 Å². The van der Waals surface area contributed by atoms with Gasteiger partial charge in [0.25, 0.3) is 5.69 Å². The zero-order chi connectivity index (χ0) is 17.2. The van der Waals surface area contributed by atoms with Crippen LogP contribution in [-0.2, 0) is 14.3 Å². The number of carbonyl (C=O) groups excluding carboxylic acids is 2. The van der Waals surface area contributed by atoms with Gasteiger partial charge in [-0.1, -0.05) is 15.9 Å². The van der Waals surface area contributed by atoms with Gasteiger partial charge in [-0.2, -0.15) is 0 Å². The summed E-state index contributed by atoms with van der Waals surface area (Å²) in [6, 6.07) is 2.93. The first-order chi connectivity index (χ1) is 11.4. The topological polar surface area (TPSA) is 98.5 Å². The van der Waals surface area contributed by atoms with E-state index in [0.717, 1.165) is 18.2 Å². The van der Waals surface area contributed by atoms with E-state index in [9.17, 15) is 24.1 Å². The number of nitro benzene ring substituents is 1. The lowest BCUT2D eigenvalue weighted by atomic mass is 9.79. The third-order valence-corrected chi connectivity index (χ3v) is 6.44. The summed E-state index contributed by atoms with van der Waals surface area (Å²) in [5.74, 6) is -2.88. The maximum Gasteiger partial charge on any atom is 0.310 e. The molecule has 1 aromatic carbocycles. The van der Waals surface area contributed by atoms with Crippen LogP contribution in [0.15, 0.2) is 18.2 Å². The highest BCUT2D eigenvalue weighted by atomic mass is 79.9. The first-order valence-corrected chi connectivity index (χ1v) is 8.39. The lowest BCUT2D eigenvalue weighted by Gasteiger charge is -2.27. The van der Waals surface area contributed by atoms with Crippen LogP contribution in [-0.4, -0.2) is 27.7 Å². The summed E-state index contributed by atoms with van der Waals surface area (Å²) in [5.41, 5.74) is -0.579. The van der Waals surface area contributed by atoms with Crippen LogP contribution in [0.1, 0.15) is 6.42 Å². The summed E-state index contributed by atoms with van der Waals surface area (Å²) in [6.07, 6.45) is 0.498. The summed E-state index contributed by atoms with van der Waals surface area (Å²) in [6.45, 7) is 0. The van der Waals surface area contributed by atoms with Crippen molar-refractivity contribution in [3.63, 3.8) is 0 Å². The fourth-order valence-corrected chi connectivity index (χ4v) is 5.31. The molecule has 2 bridgehead atoms. The SMILES string of the molecule is O=C(Nc1cc([N+](=O)[O-])ccc1F)[C@@H]1[C@H]2C[C@H]3[C@H](OC(=O)[C@H]31)[C@@H]2Br. The van der Waals surface area contributed by atoms with Crippen molar-refractivity contribution in [3.05, 3.63) is 34.1 Å². The molecule has 4 rings (SSSR count). The Kier molecular flexibility index (Phi) is 3.38. The Hall–Kier alpha value is -2.03. The van der Waals surface area contributed by atoms with Crippen molar-refractivity contribution in [2.45, 2.75) is 17.4 Å². The Morgan fingerprint density at radius 2 is 2.17 bits per heavy atom. The van der Waals surface area contributed by atoms with Crippen LogP contribution in [0.5, 0.6) is 0 Å². The minimum absolute atomic E-state index is 0.00224. The highest BCUT2D eigenvalue weighted by Crippen LogP contribution is 2.60. The standard InChI is InChI=1S/C15H12BrFN2O5/c16-12-6-4-7-11(15(21)24-13(7)12)10(6)14(20)18-9-3-5(19(22)23)1-2-8(9)17/h1-3,6-7,10-13H,4H2,(H,18,20)/t6-,7-,10-,11-,12-,13+/m1/s1. The van der Waals surface area contributed by atoms with Gasteiger partial charge in [0.05, 0.1) is 27.3 Å². The lowest BCUT2D eigenvalue weighted by molar-refractivity contribution is -0.384. The second-order valence-corrected chi connectivity index (χ2v) is 7.43. The molecule has 0 aromatic heterocycles. The first-order valence-electron chi connectivity index (χ1n) is 7.48. The zero-order valence-corrected chi connectivity index (χ0v) is 13.7. The molecular formula is C15H12BrFN2O5. The van der Waals surface area contributed by atoms with Crippen molar-refractivity contribution in [3.8, 4) is 0 Å². The molecule has 0 unspecified atom stereocenters. The molecule has 126 valence electrons. The van der Waals surface area contributed by atoms with Crippen molar-refractivity contribution in [2.75, 3.05) is 5.32 Å². The maximum absolute atomic E-state index is 13.9. The van der Waals surface area contributed by atoms with Gasteiger partial charge in [0.2, 0.25) is 5.91 Å². The number of carbonyl (C=O) groups is 2. The molecule has 24 heavy (non-hydrogen) atoms. The third kappa shape index (κ3) is 2.07. The molecule has 6 atom stereocenters. The minimum atomic E-state index is -0.764. The number of hydrogen-bond donors (Lipinski definition) is 1. The van der Waals surface area contributed by atoms with Crippen molar-refractivity contribution in [2.24, 2.45) is 23.7 Å². The Morgan fingerprint density at radius 1 is 1.42 bits per heavy atom. The van der Waals surface area contributed by atoms with Crippen LogP contribution >= 0.6 is 15.9 Å². The minimum Gasteiger partial charge on any atom is -0.461 e. The monoisotopic (exact) mass is 398 g/mol. The predicted octanol–water partition coefficient (Wildman–Crippen LogP) is 2.24. The quantitative estimate of drug-likeness (QED) is 0.364. The van der Waals surface area contributed by atoms with Crippen molar-refractivity contribution >= 4 is 39.2 Å². The van der Waals surface area contributed by atoms with E-state index in [4.69, 9.17) is 4.74 Å². The number of nitrogens with one attached hydrogen (secondary N) is 1. The second-order valence-electron chi connectivity index (χ2n) is 6.37. The number of fused-ring (bicyclic) bond motifs is 1. The molecule has 2 saturated carbocycles. The van der Waals surface area contributed by atoms with Gasteiger partial charge >= 0.3 is 5.97 Å². The number of ether oxygens (including phenoxy) is 1. The van der Waals surface area contributed by atoms with Crippen LogP contribution in [0, 0.1) is 39.6 Å². The average Bonchev–Trinajstić information content (AvgIpc) is 3.13. The Labute approximate surface area is 143 Å². The van der Waals surface area contributed by atoms with E-state index in [1.54, 1.807) is 0 Å². The molecule has 1 amide bonds. The van der Waals surface area contributed by atoms with Gasteiger partial charge in [-0.15, -0.1) is 0 Å². The molecule has 0 radical (unpaired) electrons. The van der Waals surface area contributed by atoms with E-state index < -0.39 is 34.5 Å².